The number of hydrogen-bond donors (Lipinski definition) is 1. The second-order valence-electron chi connectivity index (χ2n) is 4.32. The van der Waals surface area contributed by atoms with Crippen molar-refractivity contribution in [2.45, 2.75) is 0 Å². The van der Waals surface area contributed by atoms with Gasteiger partial charge < -0.3 is 9.40 Å². The van der Waals surface area contributed by atoms with Gasteiger partial charge in [0.2, 0.25) is 0 Å². The summed E-state index contributed by atoms with van der Waals surface area (Å²) in [6, 6.07) is 13.1. The van der Waals surface area contributed by atoms with Crippen LogP contribution in [0.4, 0.5) is 0 Å². The first-order valence-corrected chi connectivity index (χ1v) is 5.75. The Hall–Kier alpha value is -2.55. The Balaban J connectivity index is 2.38. The second-order valence-corrected chi connectivity index (χ2v) is 4.32. The number of aromatic nitrogens is 1. The molecule has 0 amide bonds. The lowest BCUT2D eigenvalue weighted by Gasteiger charge is -2.03. The molecule has 0 aliphatic rings. The maximum atomic E-state index is 12.4. The highest BCUT2D eigenvalue weighted by Gasteiger charge is 2.08. The van der Waals surface area contributed by atoms with Crippen LogP contribution in [0.3, 0.4) is 0 Å². The highest BCUT2D eigenvalue weighted by atomic mass is 16.3. The van der Waals surface area contributed by atoms with Crippen molar-refractivity contribution in [1.29, 1.82) is 0 Å². The van der Waals surface area contributed by atoms with E-state index in [2.05, 4.69) is 4.98 Å². The van der Waals surface area contributed by atoms with Gasteiger partial charge in [-0.2, -0.15) is 0 Å². The van der Waals surface area contributed by atoms with Crippen molar-refractivity contribution in [2.75, 3.05) is 0 Å². The topological polar surface area (TPSA) is 46.0 Å². The zero-order valence-corrected chi connectivity index (χ0v) is 9.44. The Morgan fingerprint density at radius 1 is 0.889 bits per heavy atom. The van der Waals surface area contributed by atoms with E-state index in [4.69, 9.17) is 4.42 Å². The summed E-state index contributed by atoms with van der Waals surface area (Å²) in [5.74, 6) is 0. The summed E-state index contributed by atoms with van der Waals surface area (Å²) in [6.07, 6.45) is 1.64. The number of para-hydroxylation sites is 1. The molecule has 0 saturated carbocycles. The molecule has 0 spiro atoms. The van der Waals surface area contributed by atoms with E-state index in [0.717, 1.165) is 22.0 Å². The molecular formula is C15H9NO2. The lowest BCUT2D eigenvalue weighted by molar-refractivity contribution is 0.616. The van der Waals surface area contributed by atoms with Crippen LogP contribution in [0.5, 0.6) is 0 Å². The Labute approximate surface area is 102 Å². The number of fused-ring (bicyclic) bond motifs is 4. The Morgan fingerprint density at radius 3 is 2.72 bits per heavy atom. The Kier molecular flexibility index (Phi) is 1.70. The van der Waals surface area contributed by atoms with E-state index in [1.165, 1.54) is 0 Å². The minimum absolute atomic E-state index is 0.0578. The zero-order chi connectivity index (χ0) is 12.1. The van der Waals surface area contributed by atoms with Gasteiger partial charge in [0.25, 0.3) is 0 Å². The molecule has 2 aromatic carbocycles. The third-order valence-corrected chi connectivity index (χ3v) is 3.31. The van der Waals surface area contributed by atoms with Gasteiger partial charge in [0.1, 0.15) is 5.58 Å². The zero-order valence-electron chi connectivity index (χ0n) is 9.44. The van der Waals surface area contributed by atoms with Gasteiger partial charge in [-0.25, -0.2) is 0 Å². The molecule has 4 rings (SSSR count). The summed E-state index contributed by atoms with van der Waals surface area (Å²) in [5.41, 5.74) is 2.53. The predicted octanol–water partition coefficient (Wildman–Crippen LogP) is 3.43. The van der Waals surface area contributed by atoms with E-state index in [1.54, 1.807) is 6.26 Å². The van der Waals surface area contributed by atoms with Gasteiger partial charge in [0.15, 0.2) is 5.43 Å². The van der Waals surface area contributed by atoms with E-state index >= 15 is 0 Å². The van der Waals surface area contributed by atoms with E-state index in [-0.39, 0.29) is 5.43 Å². The monoisotopic (exact) mass is 235 g/mol. The van der Waals surface area contributed by atoms with Crippen molar-refractivity contribution in [1.82, 2.24) is 4.98 Å². The summed E-state index contributed by atoms with van der Waals surface area (Å²) in [4.78, 5) is 15.7. The standard InChI is InChI=1S/C15H9NO2/c17-15-9-3-1-2-4-12(9)16-14-10-7-8-18-13(10)6-5-11(14)15/h1-8H,(H,16,17). The first-order chi connectivity index (χ1) is 8.84. The predicted molar refractivity (Wildman–Crippen MR) is 71.8 cm³/mol. The molecule has 18 heavy (non-hydrogen) atoms. The molecule has 0 aliphatic heterocycles. The average molecular weight is 235 g/mol. The molecule has 0 bridgehead atoms. The molecule has 4 aromatic rings. The molecule has 2 aromatic heterocycles. The summed E-state index contributed by atoms with van der Waals surface area (Å²) in [7, 11) is 0. The van der Waals surface area contributed by atoms with Crippen LogP contribution in [0.25, 0.3) is 32.8 Å². The number of benzene rings is 2. The fourth-order valence-corrected chi connectivity index (χ4v) is 2.44. The van der Waals surface area contributed by atoms with Gasteiger partial charge in [-0.15, -0.1) is 0 Å². The number of furan rings is 1. The first-order valence-electron chi connectivity index (χ1n) is 5.75. The number of rotatable bonds is 0. The van der Waals surface area contributed by atoms with Crippen molar-refractivity contribution >= 4 is 32.8 Å². The fraction of sp³-hybridized carbons (Fsp3) is 0. The molecule has 1 N–H and O–H groups in total. The minimum atomic E-state index is 0.0578. The third kappa shape index (κ3) is 1.10. The smallest absolute Gasteiger partial charge is 0.197 e. The molecule has 0 saturated heterocycles. The van der Waals surface area contributed by atoms with E-state index in [1.807, 2.05) is 42.5 Å². The Bertz CT molecular complexity index is 947. The van der Waals surface area contributed by atoms with Crippen LogP contribution in [-0.4, -0.2) is 4.98 Å². The van der Waals surface area contributed by atoms with Crippen LogP contribution < -0.4 is 5.43 Å². The number of pyridine rings is 1. The fourth-order valence-electron chi connectivity index (χ4n) is 2.44. The summed E-state index contributed by atoms with van der Waals surface area (Å²) >= 11 is 0. The summed E-state index contributed by atoms with van der Waals surface area (Å²) in [6.45, 7) is 0. The number of H-pyrrole nitrogens is 1. The van der Waals surface area contributed by atoms with Gasteiger partial charge in [-0.05, 0) is 30.3 Å². The SMILES string of the molecule is O=c1c2ccccc2[nH]c2c1ccc1occc12. The molecule has 0 fully saturated rings. The molecule has 0 radical (unpaired) electrons. The molecule has 0 aliphatic carbocycles. The maximum absolute atomic E-state index is 12.4. The largest absolute Gasteiger partial charge is 0.464 e. The lowest BCUT2D eigenvalue weighted by Crippen LogP contribution is -2.03. The van der Waals surface area contributed by atoms with Crippen LogP contribution in [0.1, 0.15) is 0 Å². The van der Waals surface area contributed by atoms with Crippen LogP contribution in [0.15, 0.2) is 57.9 Å². The molecule has 0 atom stereocenters. The van der Waals surface area contributed by atoms with Gasteiger partial charge in [0.05, 0.1) is 11.8 Å². The van der Waals surface area contributed by atoms with Gasteiger partial charge in [0, 0.05) is 21.7 Å². The lowest BCUT2D eigenvalue weighted by atomic mass is 10.1. The van der Waals surface area contributed by atoms with E-state index < -0.39 is 0 Å². The number of nitrogens with one attached hydrogen (secondary N) is 1. The van der Waals surface area contributed by atoms with E-state index in [0.29, 0.717) is 10.8 Å². The molecule has 2 heterocycles. The number of aromatic amines is 1. The highest BCUT2D eigenvalue weighted by molar-refractivity contribution is 6.06. The van der Waals surface area contributed by atoms with Crippen LogP contribution in [0.2, 0.25) is 0 Å². The second kappa shape index (κ2) is 3.23. The van der Waals surface area contributed by atoms with Crippen LogP contribution >= 0.6 is 0 Å². The van der Waals surface area contributed by atoms with Gasteiger partial charge >= 0.3 is 0 Å². The summed E-state index contributed by atoms with van der Waals surface area (Å²) in [5, 5.41) is 2.35. The van der Waals surface area contributed by atoms with Crippen molar-refractivity contribution < 1.29 is 4.42 Å². The normalized spacial score (nSPS) is 11.6. The van der Waals surface area contributed by atoms with Crippen molar-refractivity contribution in [3.63, 3.8) is 0 Å². The van der Waals surface area contributed by atoms with E-state index in [9.17, 15) is 4.79 Å². The average Bonchev–Trinajstić information content (AvgIpc) is 2.88. The molecule has 86 valence electrons. The molecular weight excluding hydrogens is 226 g/mol. The highest BCUT2D eigenvalue weighted by Crippen LogP contribution is 2.24. The van der Waals surface area contributed by atoms with Crippen LogP contribution in [-0.2, 0) is 0 Å². The molecule has 3 nitrogen and oxygen atoms in total. The van der Waals surface area contributed by atoms with Crippen molar-refractivity contribution in [3.8, 4) is 0 Å². The van der Waals surface area contributed by atoms with Crippen LogP contribution in [0, 0.1) is 0 Å². The van der Waals surface area contributed by atoms with Crippen molar-refractivity contribution in [2.24, 2.45) is 0 Å². The van der Waals surface area contributed by atoms with Gasteiger partial charge in [-0.1, -0.05) is 12.1 Å². The molecule has 0 unspecified atom stereocenters. The van der Waals surface area contributed by atoms with Gasteiger partial charge in [-0.3, -0.25) is 4.79 Å². The minimum Gasteiger partial charge on any atom is -0.464 e. The third-order valence-electron chi connectivity index (χ3n) is 3.31. The molecule has 3 heteroatoms. The quantitative estimate of drug-likeness (QED) is 0.474. The first kappa shape index (κ1) is 9.48. The Morgan fingerprint density at radius 2 is 1.78 bits per heavy atom. The summed E-state index contributed by atoms with van der Waals surface area (Å²) < 4.78 is 5.36. The number of hydrogen-bond acceptors (Lipinski definition) is 2. The maximum Gasteiger partial charge on any atom is 0.197 e. The van der Waals surface area contributed by atoms with Crippen molar-refractivity contribution in [3.05, 3.63) is 59.0 Å².